The summed E-state index contributed by atoms with van der Waals surface area (Å²) in [6, 6.07) is 14.5. The monoisotopic (exact) mass is 392 g/mol. The van der Waals surface area contributed by atoms with Crippen molar-refractivity contribution in [3.05, 3.63) is 65.2 Å². The van der Waals surface area contributed by atoms with Crippen LogP contribution in [0.5, 0.6) is 0 Å². The van der Waals surface area contributed by atoms with Gasteiger partial charge in [-0.3, -0.25) is 19.7 Å². The first kappa shape index (κ1) is 19.3. The Morgan fingerprint density at radius 3 is 2.31 bits per heavy atom. The third-order valence-corrected chi connectivity index (χ3v) is 6.21. The van der Waals surface area contributed by atoms with E-state index in [4.69, 9.17) is 4.74 Å². The van der Waals surface area contributed by atoms with Crippen molar-refractivity contribution in [2.24, 2.45) is 11.8 Å². The van der Waals surface area contributed by atoms with E-state index in [1.807, 2.05) is 50.2 Å². The number of anilines is 1. The minimum atomic E-state index is -1.29. The van der Waals surface area contributed by atoms with E-state index in [1.54, 1.807) is 19.1 Å². The molecule has 29 heavy (non-hydrogen) atoms. The molecular formula is C23H24N2O4. The Morgan fingerprint density at radius 1 is 1.03 bits per heavy atom. The summed E-state index contributed by atoms with van der Waals surface area (Å²) < 4.78 is 5.02. The highest BCUT2D eigenvalue weighted by Gasteiger charge is 2.67. The van der Waals surface area contributed by atoms with Crippen molar-refractivity contribution in [2.75, 3.05) is 12.0 Å². The lowest BCUT2D eigenvalue weighted by atomic mass is 9.80. The Hall–Kier alpha value is -2.99. The molecule has 2 aromatic rings. The van der Waals surface area contributed by atoms with E-state index in [0.717, 1.165) is 16.7 Å². The van der Waals surface area contributed by atoms with Crippen molar-refractivity contribution in [1.29, 1.82) is 0 Å². The molecule has 1 N–H and O–H groups in total. The Bertz CT molecular complexity index is 1000. The number of imide groups is 1. The van der Waals surface area contributed by atoms with Gasteiger partial charge in [0.15, 0.2) is 0 Å². The fourth-order valence-electron chi connectivity index (χ4n) is 4.69. The van der Waals surface area contributed by atoms with Gasteiger partial charge >= 0.3 is 5.97 Å². The zero-order valence-corrected chi connectivity index (χ0v) is 16.9. The molecule has 0 radical (unpaired) electrons. The van der Waals surface area contributed by atoms with Gasteiger partial charge in [0.05, 0.1) is 24.6 Å². The molecule has 2 aromatic carbocycles. The van der Waals surface area contributed by atoms with E-state index in [2.05, 4.69) is 5.32 Å². The molecule has 2 aliphatic rings. The quantitative estimate of drug-likeness (QED) is 0.642. The van der Waals surface area contributed by atoms with Crippen molar-refractivity contribution in [3.8, 4) is 0 Å². The van der Waals surface area contributed by atoms with Gasteiger partial charge in [0.1, 0.15) is 5.54 Å². The molecule has 2 saturated heterocycles. The maximum Gasteiger partial charge on any atom is 0.326 e. The molecule has 2 aliphatic heterocycles. The summed E-state index contributed by atoms with van der Waals surface area (Å²) in [6.45, 7) is 5.55. The summed E-state index contributed by atoms with van der Waals surface area (Å²) in [5, 5.41) is 3.28. The lowest BCUT2D eigenvalue weighted by molar-refractivity contribution is -0.151. The van der Waals surface area contributed by atoms with Gasteiger partial charge in [-0.15, -0.1) is 0 Å². The number of esters is 1. The van der Waals surface area contributed by atoms with E-state index in [9.17, 15) is 14.4 Å². The van der Waals surface area contributed by atoms with Crippen LogP contribution in [-0.2, 0) is 19.1 Å². The van der Waals surface area contributed by atoms with Crippen molar-refractivity contribution in [1.82, 2.24) is 5.32 Å². The predicted octanol–water partition coefficient (Wildman–Crippen LogP) is 2.69. The Morgan fingerprint density at radius 2 is 1.69 bits per heavy atom. The van der Waals surface area contributed by atoms with Crippen LogP contribution in [0.2, 0.25) is 0 Å². The number of carbonyl (C=O) groups is 3. The summed E-state index contributed by atoms with van der Waals surface area (Å²) in [7, 11) is 1.30. The molecule has 6 heteroatoms. The van der Waals surface area contributed by atoms with Crippen LogP contribution in [0.25, 0.3) is 0 Å². The van der Waals surface area contributed by atoms with E-state index < -0.39 is 29.4 Å². The highest BCUT2D eigenvalue weighted by Crippen LogP contribution is 2.50. The highest BCUT2D eigenvalue weighted by atomic mass is 16.5. The first-order valence-electron chi connectivity index (χ1n) is 9.65. The summed E-state index contributed by atoms with van der Waals surface area (Å²) >= 11 is 0. The summed E-state index contributed by atoms with van der Waals surface area (Å²) in [5.74, 6) is -2.74. The second-order valence-electron chi connectivity index (χ2n) is 8.02. The number of rotatable bonds is 3. The van der Waals surface area contributed by atoms with Gasteiger partial charge < -0.3 is 4.74 Å². The van der Waals surface area contributed by atoms with Gasteiger partial charge in [-0.2, -0.15) is 0 Å². The minimum absolute atomic E-state index is 0.294. The van der Waals surface area contributed by atoms with Crippen LogP contribution in [-0.4, -0.2) is 30.4 Å². The minimum Gasteiger partial charge on any atom is -0.468 e. The number of nitrogens with one attached hydrogen (secondary N) is 1. The molecule has 2 heterocycles. The second kappa shape index (κ2) is 6.81. The van der Waals surface area contributed by atoms with E-state index in [1.165, 1.54) is 12.0 Å². The standard InChI is InChI=1S/C23H24N2O4/c1-13-9-11-15(12-10-13)25-20(26)17-18(21(25)27)23(3,22(28)29-4)24-19(17)16-8-6-5-7-14(16)2/h5-12,17-19,24H,1-4H3. The Labute approximate surface area is 169 Å². The fraction of sp³-hybridized carbons (Fsp3) is 0.348. The number of hydrogen-bond donors (Lipinski definition) is 1. The summed E-state index contributed by atoms with van der Waals surface area (Å²) in [5.41, 5.74) is 2.16. The normalized spacial score (nSPS) is 28.6. The zero-order chi connectivity index (χ0) is 20.9. The molecule has 0 saturated carbocycles. The lowest BCUT2D eigenvalue weighted by Gasteiger charge is -2.29. The van der Waals surface area contributed by atoms with Gasteiger partial charge in [-0.05, 0) is 44.0 Å². The number of aryl methyl sites for hydroxylation is 2. The van der Waals surface area contributed by atoms with Crippen LogP contribution < -0.4 is 10.2 Å². The van der Waals surface area contributed by atoms with Crippen LogP contribution in [0, 0.1) is 25.7 Å². The molecule has 4 unspecified atom stereocenters. The van der Waals surface area contributed by atoms with Crippen molar-refractivity contribution < 1.29 is 19.1 Å². The van der Waals surface area contributed by atoms with Gasteiger partial charge in [0, 0.05) is 6.04 Å². The number of methoxy groups -OCH3 is 1. The molecule has 4 rings (SSSR count). The zero-order valence-electron chi connectivity index (χ0n) is 16.9. The molecule has 6 nitrogen and oxygen atoms in total. The fourth-order valence-corrected chi connectivity index (χ4v) is 4.69. The number of fused-ring (bicyclic) bond motifs is 1. The SMILES string of the molecule is COC(=O)C1(C)NC(c2ccccc2C)C2C(=O)N(c3ccc(C)cc3)C(=O)C21. The highest BCUT2D eigenvalue weighted by molar-refractivity contribution is 6.24. The predicted molar refractivity (Wildman–Crippen MR) is 108 cm³/mol. The molecule has 0 aliphatic carbocycles. The second-order valence-corrected chi connectivity index (χ2v) is 8.02. The lowest BCUT2D eigenvalue weighted by Crippen LogP contribution is -2.54. The molecule has 2 amide bonds. The van der Waals surface area contributed by atoms with Crippen LogP contribution >= 0.6 is 0 Å². The van der Waals surface area contributed by atoms with Crippen LogP contribution in [0.1, 0.15) is 29.7 Å². The third kappa shape index (κ3) is 2.78. The average molecular weight is 392 g/mol. The van der Waals surface area contributed by atoms with Crippen molar-refractivity contribution in [2.45, 2.75) is 32.4 Å². The molecular weight excluding hydrogens is 368 g/mol. The van der Waals surface area contributed by atoms with Crippen LogP contribution in [0.15, 0.2) is 48.5 Å². The first-order valence-corrected chi connectivity index (χ1v) is 9.65. The first-order chi connectivity index (χ1) is 13.8. The van der Waals surface area contributed by atoms with Crippen molar-refractivity contribution in [3.63, 3.8) is 0 Å². The van der Waals surface area contributed by atoms with Crippen LogP contribution in [0.4, 0.5) is 5.69 Å². The largest absolute Gasteiger partial charge is 0.468 e. The molecule has 4 atom stereocenters. The third-order valence-electron chi connectivity index (χ3n) is 6.21. The van der Waals surface area contributed by atoms with Gasteiger partial charge in [0.25, 0.3) is 0 Å². The molecule has 0 spiro atoms. The van der Waals surface area contributed by atoms with Gasteiger partial charge in [-0.25, -0.2) is 4.90 Å². The van der Waals surface area contributed by atoms with E-state index in [0.29, 0.717) is 5.69 Å². The molecule has 0 bridgehead atoms. The smallest absolute Gasteiger partial charge is 0.326 e. The number of nitrogens with zero attached hydrogens (tertiary/aromatic N) is 1. The van der Waals surface area contributed by atoms with E-state index >= 15 is 0 Å². The maximum absolute atomic E-state index is 13.5. The maximum atomic E-state index is 13.5. The topological polar surface area (TPSA) is 75.7 Å². The number of amides is 2. The van der Waals surface area contributed by atoms with Gasteiger partial charge in [0.2, 0.25) is 11.8 Å². The summed E-state index contributed by atoms with van der Waals surface area (Å²) in [6.07, 6.45) is 0. The molecule has 2 fully saturated rings. The van der Waals surface area contributed by atoms with Crippen LogP contribution in [0.3, 0.4) is 0 Å². The molecule has 150 valence electrons. The average Bonchev–Trinajstić information content (AvgIpc) is 3.16. The summed E-state index contributed by atoms with van der Waals surface area (Å²) in [4.78, 5) is 40.9. The number of ether oxygens (including phenoxy) is 1. The Balaban J connectivity index is 1.84. The molecule has 0 aromatic heterocycles. The number of hydrogen-bond acceptors (Lipinski definition) is 5. The van der Waals surface area contributed by atoms with Crippen molar-refractivity contribution >= 4 is 23.5 Å². The Kier molecular flexibility index (Phi) is 4.54. The van der Waals surface area contributed by atoms with E-state index in [-0.39, 0.29) is 11.8 Å². The number of carbonyl (C=O) groups excluding carboxylic acids is 3. The van der Waals surface area contributed by atoms with Gasteiger partial charge in [-0.1, -0.05) is 42.0 Å². The number of benzene rings is 2.